The summed E-state index contributed by atoms with van der Waals surface area (Å²) in [6, 6.07) is 9.57. The summed E-state index contributed by atoms with van der Waals surface area (Å²) in [6.07, 6.45) is 1.08. The number of esters is 1. The van der Waals surface area contributed by atoms with E-state index in [1.165, 1.54) is 0 Å². The van der Waals surface area contributed by atoms with Gasteiger partial charge < -0.3 is 10.5 Å². The Kier molecular flexibility index (Phi) is 3.42. The number of ether oxygens (including phenoxy) is 1. The van der Waals surface area contributed by atoms with Crippen LogP contribution in [0.4, 0.5) is 0 Å². The van der Waals surface area contributed by atoms with Gasteiger partial charge in [-0.3, -0.25) is 9.59 Å². The predicted molar refractivity (Wildman–Crippen MR) is 61.9 cm³/mol. The molecule has 0 bridgehead atoms. The van der Waals surface area contributed by atoms with Gasteiger partial charge in [0.2, 0.25) is 5.91 Å². The number of nitrogens with two attached hydrogens (primary N) is 1. The van der Waals surface area contributed by atoms with E-state index < -0.39 is 11.8 Å². The fourth-order valence-corrected chi connectivity index (χ4v) is 2.19. The Morgan fingerprint density at radius 1 is 1.41 bits per heavy atom. The molecular weight excluding hydrogens is 218 g/mol. The third-order valence-corrected chi connectivity index (χ3v) is 3.13. The Balaban J connectivity index is 2.13. The van der Waals surface area contributed by atoms with E-state index in [-0.39, 0.29) is 11.9 Å². The average Bonchev–Trinajstić information content (AvgIpc) is 2.73. The summed E-state index contributed by atoms with van der Waals surface area (Å²) in [5.41, 5.74) is 6.39. The molecule has 1 aromatic rings. The highest BCUT2D eigenvalue weighted by Crippen LogP contribution is 2.26. The van der Waals surface area contributed by atoms with Crippen LogP contribution in [0.25, 0.3) is 0 Å². The van der Waals surface area contributed by atoms with E-state index in [4.69, 9.17) is 10.5 Å². The molecule has 1 saturated heterocycles. The molecule has 90 valence electrons. The highest BCUT2D eigenvalue weighted by molar-refractivity contribution is 5.85. The van der Waals surface area contributed by atoms with Crippen LogP contribution < -0.4 is 5.73 Å². The summed E-state index contributed by atoms with van der Waals surface area (Å²) in [6.45, 7) is 0.391. The van der Waals surface area contributed by atoms with Crippen LogP contribution in [0.15, 0.2) is 30.3 Å². The van der Waals surface area contributed by atoms with E-state index in [2.05, 4.69) is 0 Å². The van der Waals surface area contributed by atoms with Crippen LogP contribution in [-0.4, -0.2) is 18.5 Å². The molecular formula is C13H15NO3. The van der Waals surface area contributed by atoms with Gasteiger partial charge in [-0.2, -0.15) is 0 Å². The lowest BCUT2D eigenvalue weighted by Gasteiger charge is -2.17. The zero-order valence-electron chi connectivity index (χ0n) is 9.46. The molecule has 0 aromatic heterocycles. The zero-order chi connectivity index (χ0) is 12.3. The maximum Gasteiger partial charge on any atom is 0.309 e. The maximum atomic E-state index is 11.5. The predicted octanol–water partition coefficient (Wildman–Crippen LogP) is 0.894. The van der Waals surface area contributed by atoms with E-state index in [1.807, 2.05) is 30.3 Å². The van der Waals surface area contributed by atoms with Gasteiger partial charge in [-0.15, -0.1) is 0 Å². The van der Waals surface area contributed by atoms with Crippen molar-refractivity contribution >= 4 is 11.9 Å². The molecule has 2 atom stereocenters. The number of hydrogen-bond acceptors (Lipinski definition) is 3. The molecule has 4 nitrogen and oxygen atoms in total. The first kappa shape index (κ1) is 11.6. The monoisotopic (exact) mass is 233 g/mol. The number of benzene rings is 1. The number of amides is 1. The van der Waals surface area contributed by atoms with Gasteiger partial charge in [0.25, 0.3) is 0 Å². The minimum atomic E-state index is -0.465. The van der Waals surface area contributed by atoms with Crippen molar-refractivity contribution in [2.45, 2.75) is 12.8 Å². The summed E-state index contributed by atoms with van der Waals surface area (Å²) in [7, 11) is 0. The molecule has 1 unspecified atom stereocenters. The van der Waals surface area contributed by atoms with E-state index in [9.17, 15) is 9.59 Å². The Morgan fingerprint density at radius 2 is 2.12 bits per heavy atom. The summed E-state index contributed by atoms with van der Waals surface area (Å²) < 4.78 is 4.89. The van der Waals surface area contributed by atoms with Crippen LogP contribution in [0.3, 0.4) is 0 Å². The van der Waals surface area contributed by atoms with Gasteiger partial charge >= 0.3 is 5.97 Å². The molecule has 4 heteroatoms. The Bertz CT molecular complexity index is 416. The van der Waals surface area contributed by atoms with Crippen LogP contribution in [0, 0.1) is 11.8 Å². The largest absolute Gasteiger partial charge is 0.465 e. The standard InChI is InChI=1S/C13H15NO3/c14-12(15)11(10-6-7-17-13(10)16)8-9-4-2-1-3-5-9/h1-5,10-11H,6-8H2,(H2,14,15)/t10-,11?/m0/s1. The van der Waals surface area contributed by atoms with Crippen LogP contribution >= 0.6 is 0 Å². The molecule has 1 aliphatic heterocycles. The lowest BCUT2D eigenvalue weighted by Crippen LogP contribution is -2.34. The lowest BCUT2D eigenvalue weighted by atomic mass is 9.85. The van der Waals surface area contributed by atoms with E-state index >= 15 is 0 Å². The van der Waals surface area contributed by atoms with Crippen LogP contribution in [0.5, 0.6) is 0 Å². The topological polar surface area (TPSA) is 69.4 Å². The maximum absolute atomic E-state index is 11.5. The smallest absolute Gasteiger partial charge is 0.309 e. The second kappa shape index (κ2) is 4.99. The van der Waals surface area contributed by atoms with Crippen molar-refractivity contribution in [2.75, 3.05) is 6.61 Å². The Labute approximate surface area is 99.8 Å². The van der Waals surface area contributed by atoms with E-state index in [0.29, 0.717) is 19.4 Å². The van der Waals surface area contributed by atoms with Gasteiger partial charge in [-0.1, -0.05) is 30.3 Å². The van der Waals surface area contributed by atoms with Gasteiger partial charge in [0.05, 0.1) is 18.4 Å². The quantitative estimate of drug-likeness (QED) is 0.785. The van der Waals surface area contributed by atoms with Crippen molar-refractivity contribution in [1.29, 1.82) is 0 Å². The number of primary amides is 1. The first-order chi connectivity index (χ1) is 8.18. The van der Waals surface area contributed by atoms with Gasteiger partial charge in [-0.05, 0) is 18.4 Å². The van der Waals surface area contributed by atoms with Crippen molar-refractivity contribution in [3.63, 3.8) is 0 Å². The van der Waals surface area contributed by atoms with Crippen molar-refractivity contribution in [1.82, 2.24) is 0 Å². The van der Waals surface area contributed by atoms with Gasteiger partial charge in [-0.25, -0.2) is 0 Å². The van der Waals surface area contributed by atoms with Crippen LogP contribution in [0.1, 0.15) is 12.0 Å². The highest BCUT2D eigenvalue weighted by Gasteiger charge is 2.37. The van der Waals surface area contributed by atoms with Gasteiger partial charge in [0.1, 0.15) is 0 Å². The summed E-state index contributed by atoms with van der Waals surface area (Å²) >= 11 is 0. The minimum absolute atomic E-state index is 0.301. The van der Waals surface area contributed by atoms with Crippen molar-refractivity contribution in [2.24, 2.45) is 17.6 Å². The third-order valence-electron chi connectivity index (χ3n) is 3.13. The van der Waals surface area contributed by atoms with Crippen molar-refractivity contribution in [3.05, 3.63) is 35.9 Å². The summed E-state index contributed by atoms with van der Waals surface area (Å²) in [4.78, 5) is 22.9. The lowest BCUT2D eigenvalue weighted by molar-refractivity contribution is -0.144. The highest BCUT2D eigenvalue weighted by atomic mass is 16.5. The molecule has 17 heavy (non-hydrogen) atoms. The molecule has 1 heterocycles. The molecule has 2 rings (SSSR count). The van der Waals surface area contributed by atoms with Crippen LogP contribution in [0.2, 0.25) is 0 Å². The molecule has 1 aliphatic rings. The molecule has 0 spiro atoms. The molecule has 2 N–H and O–H groups in total. The number of cyclic esters (lactones) is 1. The number of carbonyl (C=O) groups excluding carboxylic acids is 2. The zero-order valence-corrected chi connectivity index (χ0v) is 9.46. The summed E-state index contributed by atoms with van der Waals surface area (Å²) in [5.74, 6) is -1.58. The molecule has 0 aliphatic carbocycles. The van der Waals surface area contributed by atoms with Crippen molar-refractivity contribution in [3.8, 4) is 0 Å². The van der Waals surface area contributed by atoms with Gasteiger partial charge in [0, 0.05) is 0 Å². The Morgan fingerprint density at radius 3 is 2.65 bits per heavy atom. The average molecular weight is 233 g/mol. The Hall–Kier alpha value is -1.84. The van der Waals surface area contributed by atoms with Crippen LogP contribution in [-0.2, 0) is 20.7 Å². The fourth-order valence-electron chi connectivity index (χ4n) is 2.19. The molecule has 0 radical (unpaired) electrons. The van der Waals surface area contributed by atoms with Gasteiger partial charge in [0.15, 0.2) is 0 Å². The molecule has 1 fully saturated rings. The number of hydrogen-bond donors (Lipinski definition) is 1. The number of rotatable bonds is 4. The fraction of sp³-hybridized carbons (Fsp3) is 0.385. The second-order valence-corrected chi connectivity index (χ2v) is 4.26. The minimum Gasteiger partial charge on any atom is -0.465 e. The SMILES string of the molecule is NC(=O)C(Cc1ccccc1)[C@@H]1CCOC1=O. The molecule has 1 amide bonds. The third kappa shape index (κ3) is 2.64. The first-order valence-electron chi connectivity index (χ1n) is 5.68. The van der Waals surface area contributed by atoms with E-state index in [0.717, 1.165) is 5.56 Å². The first-order valence-corrected chi connectivity index (χ1v) is 5.68. The molecule has 0 saturated carbocycles. The summed E-state index contributed by atoms with van der Waals surface area (Å²) in [5, 5.41) is 0. The van der Waals surface area contributed by atoms with Crippen molar-refractivity contribution < 1.29 is 14.3 Å². The molecule has 1 aromatic carbocycles. The normalized spacial score (nSPS) is 20.9. The second-order valence-electron chi connectivity index (χ2n) is 4.26. The van der Waals surface area contributed by atoms with E-state index in [1.54, 1.807) is 0 Å². The number of carbonyl (C=O) groups is 2.